The van der Waals surface area contributed by atoms with E-state index in [9.17, 15) is 18.0 Å². The number of halogens is 3. The van der Waals surface area contributed by atoms with Gasteiger partial charge in [0, 0.05) is 36.7 Å². The molecule has 152 valence electrons. The molecule has 0 N–H and O–H groups in total. The van der Waals surface area contributed by atoms with Crippen LogP contribution in [0.5, 0.6) is 0 Å². The third-order valence-electron chi connectivity index (χ3n) is 3.15. The lowest BCUT2D eigenvalue weighted by atomic mass is 10.2. The lowest BCUT2D eigenvalue weighted by Crippen LogP contribution is -2.23. The van der Waals surface area contributed by atoms with Crippen LogP contribution in [-0.2, 0) is 11.3 Å². The van der Waals surface area contributed by atoms with E-state index in [1.807, 2.05) is 20.8 Å². The molecule has 0 aliphatic heterocycles. The minimum absolute atomic E-state index is 0.156. The van der Waals surface area contributed by atoms with E-state index in [0.717, 1.165) is 11.3 Å². The fourth-order valence-corrected chi connectivity index (χ4v) is 1.84. The van der Waals surface area contributed by atoms with Crippen LogP contribution < -0.4 is 5.56 Å². The zero-order valence-corrected chi connectivity index (χ0v) is 16.2. The maximum Gasteiger partial charge on any atom is 0.422 e. The van der Waals surface area contributed by atoms with Gasteiger partial charge in [0.2, 0.25) is 0 Å². The van der Waals surface area contributed by atoms with Gasteiger partial charge in [-0.15, -0.1) is 0 Å². The predicted octanol–water partition coefficient (Wildman–Crippen LogP) is 4.15. The summed E-state index contributed by atoms with van der Waals surface area (Å²) in [6.45, 7) is 9.31. The minimum Gasteiger partial charge on any atom is -0.471 e. The number of nitrogens with zero attached hydrogens (tertiary/aromatic N) is 4. The van der Waals surface area contributed by atoms with Gasteiger partial charge in [0.25, 0.3) is 5.56 Å². The topological polar surface area (TPSA) is 68.8 Å². The van der Waals surface area contributed by atoms with Crippen LogP contribution in [0.2, 0.25) is 0 Å². The zero-order valence-electron chi connectivity index (χ0n) is 16.2. The molecule has 0 fully saturated rings. The van der Waals surface area contributed by atoms with Crippen molar-refractivity contribution in [2.75, 3.05) is 6.61 Å². The zero-order chi connectivity index (χ0) is 21.3. The number of hydrogen-bond acceptors (Lipinski definition) is 5. The summed E-state index contributed by atoms with van der Waals surface area (Å²) in [5.41, 5.74) is 2.22. The summed E-state index contributed by atoms with van der Waals surface area (Å²) < 4.78 is 42.3. The van der Waals surface area contributed by atoms with Crippen LogP contribution >= 0.6 is 0 Å². The lowest BCUT2D eigenvalue weighted by molar-refractivity contribution is -0.156. The molecule has 1 heterocycles. The fourth-order valence-electron chi connectivity index (χ4n) is 1.84. The van der Waals surface area contributed by atoms with Gasteiger partial charge in [-0.25, -0.2) is 9.67 Å². The first-order chi connectivity index (χ1) is 13.0. The summed E-state index contributed by atoms with van der Waals surface area (Å²) in [6.07, 6.45) is -0.0645. The number of allylic oxidation sites excluding steroid dienone is 3. The highest BCUT2D eigenvalue weighted by atomic mass is 19.4. The first-order valence-corrected chi connectivity index (χ1v) is 8.33. The molecular formula is C19H23F3N4O2. The third kappa shape index (κ3) is 8.61. The Morgan fingerprint density at radius 1 is 1.21 bits per heavy atom. The molecule has 0 spiro atoms. The highest BCUT2D eigenvalue weighted by molar-refractivity contribution is 5.79. The first-order valence-electron chi connectivity index (χ1n) is 8.33. The lowest BCUT2D eigenvalue weighted by Gasteiger charge is -2.08. The van der Waals surface area contributed by atoms with Crippen LogP contribution in [0, 0.1) is 0 Å². The third-order valence-corrected chi connectivity index (χ3v) is 3.15. The second kappa shape index (κ2) is 10.4. The molecule has 0 aromatic carbocycles. The van der Waals surface area contributed by atoms with Crippen molar-refractivity contribution in [3.8, 4) is 0 Å². The van der Waals surface area contributed by atoms with Gasteiger partial charge in [-0.05, 0) is 32.4 Å². The summed E-state index contributed by atoms with van der Waals surface area (Å²) in [4.78, 5) is 20.1. The summed E-state index contributed by atoms with van der Waals surface area (Å²) in [7, 11) is 0. The highest BCUT2D eigenvalue weighted by Gasteiger charge is 2.28. The van der Waals surface area contributed by atoms with Crippen molar-refractivity contribution >= 4 is 17.2 Å². The number of aromatic nitrogens is 2. The van der Waals surface area contributed by atoms with Crippen LogP contribution in [0.15, 0.2) is 57.5 Å². The largest absolute Gasteiger partial charge is 0.471 e. The molecule has 0 aliphatic rings. The average Bonchev–Trinajstić information content (AvgIpc) is 2.60. The number of rotatable bonds is 7. The van der Waals surface area contributed by atoms with Crippen molar-refractivity contribution in [2.24, 2.45) is 9.98 Å². The number of hydrogen-bond donors (Lipinski definition) is 0. The Kier molecular flexibility index (Phi) is 8.56. The van der Waals surface area contributed by atoms with E-state index in [1.54, 1.807) is 6.20 Å². The van der Waals surface area contributed by atoms with Gasteiger partial charge >= 0.3 is 6.18 Å². The van der Waals surface area contributed by atoms with Crippen molar-refractivity contribution in [3.63, 3.8) is 0 Å². The number of aliphatic imine (C=N–C) groups is 2. The molecule has 9 heteroatoms. The highest BCUT2D eigenvalue weighted by Crippen LogP contribution is 2.15. The van der Waals surface area contributed by atoms with Gasteiger partial charge in [-0.3, -0.25) is 9.79 Å². The van der Waals surface area contributed by atoms with Crippen LogP contribution in [-0.4, -0.2) is 34.2 Å². The molecule has 0 atom stereocenters. The Hall–Kier alpha value is -2.97. The van der Waals surface area contributed by atoms with E-state index in [1.165, 1.54) is 36.0 Å². The Morgan fingerprint density at radius 2 is 1.89 bits per heavy atom. The smallest absolute Gasteiger partial charge is 0.422 e. The number of alkyl halides is 3. The Labute approximate surface area is 161 Å². The molecule has 0 saturated heterocycles. The van der Waals surface area contributed by atoms with E-state index < -0.39 is 12.8 Å². The van der Waals surface area contributed by atoms with Gasteiger partial charge < -0.3 is 4.74 Å². The first kappa shape index (κ1) is 23.1. The second-order valence-corrected chi connectivity index (χ2v) is 6.11. The summed E-state index contributed by atoms with van der Waals surface area (Å²) in [6, 6.07) is 2.83. The predicted molar refractivity (Wildman–Crippen MR) is 104 cm³/mol. The van der Waals surface area contributed by atoms with Gasteiger partial charge in [0.05, 0.1) is 12.2 Å². The maximum absolute atomic E-state index is 12.2. The monoisotopic (exact) mass is 396 g/mol. The molecule has 1 rings (SSSR count). The van der Waals surface area contributed by atoms with Crippen molar-refractivity contribution in [3.05, 3.63) is 58.8 Å². The Morgan fingerprint density at radius 3 is 2.46 bits per heavy atom. The normalized spacial score (nSPS) is 13.3. The van der Waals surface area contributed by atoms with E-state index in [-0.39, 0.29) is 18.0 Å². The van der Waals surface area contributed by atoms with Gasteiger partial charge in [0.15, 0.2) is 12.5 Å². The van der Waals surface area contributed by atoms with Crippen molar-refractivity contribution in [1.82, 2.24) is 9.78 Å². The van der Waals surface area contributed by atoms with E-state index in [0.29, 0.717) is 11.3 Å². The van der Waals surface area contributed by atoms with Crippen LogP contribution in [0.1, 0.15) is 33.4 Å². The molecular weight excluding hydrogens is 373 g/mol. The summed E-state index contributed by atoms with van der Waals surface area (Å²) >= 11 is 0. The molecule has 1 aromatic heterocycles. The van der Waals surface area contributed by atoms with Gasteiger partial charge in [-0.1, -0.05) is 12.7 Å². The standard InChI is InChI=1S/C19H23F3N4O2/c1-6-16(10-24-15(5)28-12-19(20,21)22)17-7-8-18(27)26(25-17)11-14(4)9-23-13(2)3/h6-10H,1,11-12H2,2-5H3/b14-9+,16-10+,24-15+. The van der Waals surface area contributed by atoms with E-state index in [4.69, 9.17) is 0 Å². The molecule has 1 aromatic rings. The minimum atomic E-state index is -4.44. The van der Waals surface area contributed by atoms with Crippen molar-refractivity contribution < 1.29 is 17.9 Å². The molecule has 0 aliphatic carbocycles. The molecule has 0 amide bonds. The molecule has 0 bridgehead atoms. The second-order valence-electron chi connectivity index (χ2n) is 6.11. The van der Waals surface area contributed by atoms with Crippen molar-refractivity contribution in [2.45, 2.75) is 40.4 Å². The summed E-state index contributed by atoms with van der Waals surface area (Å²) in [5.74, 6) is -0.156. The van der Waals surface area contributed by atoms with Crippen LogP contribution in [0.4, 0.5) is 13.2 Å². The molecule has 0 saturated carbocycles. The van der Waals surface area contributed by atoms with E-state index in [2.05, 4.69) is 26.4 Å². The SMILES string of the molecule is C=C/C(=C\N=C(/C)OCC(F)(F)F)c1ccc(=O)n(C/C(C)=C/N=C(C)C)n1. The van der Waals surface area contributed by atoms with Gasteiger partial charge in [0.1, 0.15) is 0 Å². The molecule has 6 nitrogen and oxygen atoms in total. The van der Waals surface area contributed by atoms with Crippen LogP contribution in [0.25, 0.3) is 5.57 Å². The van der Waals surface area contributed by atoms with Gasteiger partial charge in [-0.2, -0.15) is 18.3 Å². The summed E-state index contributed by atoms with van der Waals surface area (Å²) in [5, 5.41) is 4.26. The fraction of sp³-hybridized carbons (Fsp3) is 0.368. The van der Waals surface area contributed by atoms with E-state index >= 15 is 0 Å². The molecule has 28 heavy (non-hydrogen) atoms. The maximum atomic E-state index is 12.2. The van der Waals surface area contributed by atoms with Crippen LogP contribution in [0.3, 0.4) is 0 Å². The average molecular weight is 396 g/mol. The Balaban J connectivity index is 3.07. The van der Waals surface area contributed by atoms with Crippen molar-refractivity contribution in [1.29, 1.82) is 0 Å². The molecule has 0 unspecified atom stereocenters. The quantitative estimate of drug-likeness (QED) is 0.395. The molecule has 0 radical (unpaired) electrons. The number of ether oxygens (including phenoxy) is 1. The Bertz CT molecular complexity index is 874.